The quantitative estimate of drug-likeness (QED) is 0.675. The van der Waals surface area contributed by atoms with Gasteiger partial charge in [-0.15, -0.1) is 6.58 Å². The predicted octanol–water partition coefficient (Wildman–Crippen LogP) is 4.13. The number of carbonyl (C=O) groups excluding carboxylic acids is 1. The summed E-state index contributed by atoms with van der Waals surface area (Å²) in [5.74, 6) is 1.43. The first-order valence-electron chi connectivity index (χ1n) is 8.10. The number of nitrogens with one attached hydrogen (secondary N) is 1. The van der Waals surface area contributed by atoms with Gasteiger partial charge in [-0.25, -0.2) is 4.98 Å². The van der Waals surface area contributed by atoms with E-state index in [2.05, 4.69) is 16.9 Å². The molecule has 0 atom stereocenters. The van der Waals surface area contributed by atoms with Gasteiger partial charge in [0, 0.05) is 23.7 Å². The van der Waals surface area contributed by atoms with Gasteiger partial charge in [0.2, 0.25) is 0 Å². The van der Waals surface area contributed by atoms with E-state index in [9.17, 15) is 4.79 Å². The van der Waals surface area contributed by atoms with Crippen LogP contribution in [0.3, 0.4) is 0 Å². The molecule has 0 aliphatic heterocycles. The smallest absolute Gasteiger partial charge is 0.255 e. The molecule has 0 saturated carbocycles. The van der Waals surface area contributed by atoms with Crippen molar-refractivity contribution in [3.63, 3.8) is 0 Å². The number of aromatic nitrogens is 1. The van der Waals surface area contributed by atoms with Crippen LogP contribution in [-0.2, 0) is 6.42 Å². The Balaban J connectivity index is 1.92. The second-order valence-electron chi connectivity index (χ2n) is 5.73. The third-order valence-corrected chi connectivity index (χ3v) is 3.93. The van der Waals surface area contributed by atoms with Gasteiger partial charge in [0.05, 0.1) is 14.2 Å². The van der Waals surface area contributed by atoms with Gasteiger partial charge in [0.1, 0.15) is 5.52 Å². The number of ether oxygens (including phenoxy) is 2. The molecular weight excluding hydrogens is 332 g/mol. The normalized spacial score (nSPS) is 10.6. The van der Waals surface area contributed by atoms with Crippen LogP contribution in [0.5, 0.6) is 11.5 Å². The Bertz CT molecular complexity index is 975. The number of aryl methyl sites for hydroxylation is 1. The van der Waals surface area contributed by atoms with Crippen LogP contribution in [0.25, 0.3) is 11.1 Å². The zero-order chi connectivity index (χ0) is 18.7. The van der Waals surface area contributed by atoms with Crippen LogP contribution in [0.2, 0.25) is 0 Å². The number of methoxy groups -OCH3 is 2. The molecule has 1 heterocycles. The van der Waals surface area contributed by atoms with Crippen LogP contribution in [-0.4, -0.2) is 25.1 Å². The van der Waals surface area contributed by atoms with Gasteiger partial charge >= 0.3 is 0 Å². The highest BCUT2D eigenvalue weighted by molar-refractivity contribution is 6.05. The lowest BCUT2D eigenvalue weighted by Crippen LogP contribution is -2.13. The number of allylic oxidation sites excluding steroid dienone is 1. The lowest BCUT2D eigenvalue weighted by Gasteiger charge is -2.14. The molecule has 1 amide bonds. The minimum atomic E-state index is -0.254. The van der Waals surface area contributed by atoms with E-state index in [-0.39, 0.29) is 5.91 Å². The molecule has 1 aromatic heterocycles. The molecule has 0 aliphatic rings. The third kappa shape index (κ3) is 3.39. The summed E-state index contributed by atoms with van der Waals surface area (Å²) in [4.78, 5) is 17.0. The van der Waals surface area contributed by atoms with E-state index in [0.29, 0.717) is 46.2 Å². The van der Waals surface area contributed by atoms with E-state index in [0.717, 1.165) is 5.56 Å². The van der Waals surface area contributed by atoms with Crippen molar-refractivity contribution in [3.05, 3.63) is 60.0 Å². The summed E-state index contributed by atoms with van der Waals surface area (Å²) in [6.07, 6.45) is 2.31. The van der Waals surface area contributed by atoms with Gasteiger partial charge in [-0.05, 0) is 36.8 Å². The average Bonchev–Trinajstić information content (AvgIpc) is 3.00. The minimum absolute atomic E-state index is 0.254. The van der Waals surface area contributed by atoms with Crippen LogP contribution in [0.15, 0.2) is 47.4 Å². The Hall–Kier alpha value is -3.28. The molecule has 0 aliphatic carbocycles. The van der Waals surface area contributed by atoms with Crippen molar-refractivity contribution >= 4 is 22.7 Å². The molecule has 0 radical (unpaired) electrons. The van der Waals surface area contributed by atoms with Crippen LogP contribution in [0.1, 0.15) is 21.8 Å². The molecule has 0 unspecified atom stereocenters. The van der Waals surface area contributed by atoms with E-state index in [1.807, 2.05) is 0 Å². The van der Waals surface area contributed by atoms with Crippen LogP contribution in [0.4, 0.5) is 5.69 Å². The number of rotatable bonds is 6. The first-order valence-corrected chi connectivity index (χ1v) is 8.10. The number of oxazole rings is 1. The highest BCUT2D eigenvalue weighted by Gasteiger charge is 2.16. The second kappa shape index (κ2) is 7.31. The monoisotopic (exact) mass is 352 g/mol. The van der Waals surface area contributed by atoms with E-state index in [4.69, 9.17) is 13.9 Å². The number of carbonyl (C=O) groups is 1. The van der Waals surface area contributed by atoms with E-state index < -0.39 is 0 Å². The Morgan fingerprint density at radius 2 is 2.08 bits per heavy atom. The Morgan fingerprint density at radius 3 is 2.77 bits per heavy atom. The van der Waals surface area contributed by atoms with Crippen molar-refractivity contribution in [1.29, 1.82) is 0 Å². The molecule has 0 bridgehead atoms. The van der Waals surface area contributed by atoms with Gasteiger partial charge in [-0.1, -0.05) is 6.08 Å². The fourth-order valence-corrected chi connectivity index (χ4v) is 2.81. The van der Waals surface area contributed by atoms with Crippen molar-refractivity contribution < 1.29 is 18.7 Å². The maximum absolute atomic E-state index is 12.7. The number of nitrogens with zero attached hydrogens (tertiary/aromatic N) is 1. The largest absolute Gasteiger partial charge is 0.493 e. The van der Waals surface area contributed by atoms with Gasteiger partial charge in [0.15, 0.2) is 23.0 Å². The summed E-state index contributed by atoms with van der Waals surface area (Å²) >= 11 is 0. The molecule has 26 heavy (non-hydrogen) atoms. The number of benzene rings is 2. The average molecular weight is 352 g/mol. The highest BCUT2D eigenvalue weighted by atomic mass is 16.5. The summed E-state index contributed by atoms with van der Waals surface area (Å²) in [6, 6.07) is 8.75. The molecule has 3 rings (SSSR count). The SMILES string of the molecule is C=CCc1cc(C(=O)Nc2ccc3oc(C)nc3c2)cc(OC)c1OC. The topological polar surface area (TPSA) is 73.6 Å². The summed E-state index contributed by atoms with van der Waals surface area (Å²) in [5.41, 5.74) is 3.31. The maximum Gasteiger partial charge on any atom is 0.255 e. The number of fused-ring (bicyclic) bond motifs is 1. The Kier molecular flexibility index (Phi) is 4.93. The van der Waals surface area contributed by atoms with Crippen molar-refractivity contribution in [2.75, 3.05) is 19.5 Å². The van der Waals surface area contributed by atoms with Crippen LogP contribution >= 0.6 is 0 Å². The van der Waals surface area contributed by atoms with Crippen molar-refractivity contribution in [2.24, 2.45) is 0 Å². The standard InChI is InChI=1S/C20H20N2O4/c1-5-6-13-9-14(10-18(24-3)19(13)25-4)20(23)22-15-7-8-17-16(11-15)21-12(2)26-17/h5,7-11H,1,6H2,2-4H3,(H,22,23). The van der Waals surface area contributed by atoms with Gasteiger partial charge < -0.3 is 19.2 Å². The van der Waals surface area contributed by atoms with Crippen molar-refractivity contribution in [2.45, 2.75) is 13.3 Å². The summed E-state index contributed by atoms with van der Waals surface area (Å²) in [7, 11) is 3.11. The van der Waals surface area contributed by atoms with Gasteiger partial charge in [-0.2, -0.15) is 0 Å². The fraction of sp³-hybridized carbons (Fsp3) is 0.200. The molecule has 2 aromatic carbocycles. The highest BCUT2D eigenvalue weighted by Crippen LogP contribution is 2.33. The molecule has 0 fully saturated rings. The zero-order valence-electron chi connectivity index (χ0n) is 15.0. The van der Waals surface area contributed by atoms with E-state index in [1.165, 1.54) is 7.11 Å². The van der Waals surface area contributed by atoms with Gasteiger partial charge in [-0.3, -0.25) is 4.79 Å². The van der Waals surface area contributed by atoms with Crippen LogP contribution in [0, 0.1) is 6.92 Å². The molecule has 134 valence electrons. The van der Waals surface area contributed by atoms with Gasteiger partial charge in [0.25, 0.3) is 5.91 Å². The fourth-order valence-electron chi connectivity index (χ4n) is 2.81. The second-order valence-corrected chi connectivity index (χ2v) is 5.73. The van der Waals surface area contributed by atoms with Crippen molar-refractivity contribution in [1.82, 2.24) is 4.98 Å². The first-order chi connectivity index (χ1) is 12.5. The number of hydrogen-bond acceptors (Lipinski definition) is 5. The van der Waals surface area contributed by atoms with E-state index >= 15 is 0 Å². The maximum atomic E-state index is 12.7. The molecule has 3 aromatic rings. The summed E-state index contributed by atoms with van der Waals surface area (Å²) in [6.45, 7) is 5.53. The third-order valence-electron chi connectivity index (χ3n) is 3.93. The minimum Gasteiger partial charge on any atom is -0.493 e. The van der Waals surface area contributed by atoms with Crippen molar-refractivity contribution in [3.8, 4) is 11.5 Å². The molecule has 1 N–H and O–H groups in total. The molecule has 6 nitrogen and oxygen atoms in total. The predicted molar refractivity (Wildman–Crippen MR) is 100 cm³/mol. The molecule has 0 saturated heterocycles. The lowest BCUT2D eigenvalue weighted by molar-refractivity contribution is 0.102. The van der Waals surface area contributed by atoms with E-state index in [1.54, 1.807) is 50.4 Å². The molecular formula is C20H20N2O4. The lowest BCUT2D eigenvalue weighted by atomic mass is 10.0. The molecule has 0 spiro atoms. The zero-order valence-corrected chi connectivity index (χ0v) is 15.0. The number of hydrogen-bond donors (Lipinski definition) is 1. The first kappa shape index (κ1) is 17.5. The summed E-state index contributed by atoms with van der Waals surface area (Å²) < 4.78 is 16.2. The van der Waals surface area contributed by atoms with Crippen LogP contribution < -0.4 is 14.8 Å². The number of anilines is 1. The number of amides is 1. The molecule has 6 heteroatoms. The Labute approximate surface area is 151 Å². The summed E-state index contributed by atoms with van der Waals surface area (Å²) in [5, 5.41) is 2.87. The Morgan fingerprint density at radius 1 is 1.27 bits per heavy atom.